The van der Waals surface area contributed by atoms with Crippen LogP contribution in [0.3, 0.4) is 0 Å². The lowest BCUT2D eigenvalue weighted by atomic mass is 10.1. The first-order valence-corrected chi connectivity index (χ1v) is 6.33. The third-order valence-electron chi connectivity index (χ3n) is 3.26. The van der Waals surface area contributed by atoms with Crippen molar-refractivity contribution in [1.82, 2.24) is 9.97 Å². The molecule has 0 aliphatic heterocycles. The van der Waals surface area contributed by atoms with Crippen LogP contribution in [0.2, 0.25) is 0 Å². The molecule has 4 heteroatoms. The lowest BCUT2D eigenvalue weighted by molar-refractivity contribution is -0.141. The van der Waals surface area contributed by atoms with Crippen molar-refractivity contribution in [2.45, 2.75) is 27.2 Å². The molecule has 0 spiro atoms. The highest BCUT2D eigenvalue weighted by Crippen LogP contribution is 2.25. The average Bonchev–Trinajstić information content (AvgIpc) is 2.70. The molecule has 2 N–H and O–H groups in total. The van der Waals surface area contributed by atoms with Crippen molar-refractivity contribution in [3.05, 3.63) is 41.3 Å². The van der Waals surface area contributed by atoms with Gasteiger partial charge in [0.15, 0.2) is 0 Å². The highest BCUT2D eigenvalue weighted by molar-refractivity contribution is 5.70. The molecular formula is C15H18N2O2. The van der Waals surface area contributed by atoms with Gasteiger partial charge in [0, 0.05) is 17.7 Å². The summed E-state index contributed by atoms with van der Waals surface area (Å²) in [5.41, 5.74) is 4.13. The molecule has 0 fully saturated rings. The number of hydrogen-bond acceptors (Lipinski definition) is 2. The molecule has 0 amide bonds. The Morgan fingerprint density at radius 2 is 2.05 bits per heavy atom. The largest absolute Gasteiger partial charge is 0.481 e. The van der Waals surface area contributed by atoms with Crippen LogP contribution in [-0.4, -0.2) is 21.0 Å². The first-order chi connectivity index (χ1) is 8.99. The van der Waals surface area contributed by atoms with E-state index in [0.717, 1.165) is 28.3 Å². The molecular weight excluding hydrogens is 240 g/mol. The number of aliphatic carboxylic acids is 1. The van der Waals surface area contributed by atoms with E-state index >= 15 is 0 Å². The van der Waals surface area contributed by atoms with E-state index in [1.807, 2.05) is 38.1 Å². The summed E-state index contributed by atoms with van der Waals surface area (Å²) in [5.74, 6) is -0.507. The van der Waals surface area contributed by atoms with Gasteiger partial charge in [0.1, 0.15) is 5.82 Å². The summed E-state index contributed by atoms with van der Waals surface area (Å²) in [6.45, 7) is 5.69. The second-order valence-electron chi connectivity index (χ2n) is 4.92. The molecule has 0 aliphatic rings. The molecule has 0 aliphatic carbocycles. The van der Waals surface area contributed by atoms with Gasteiger partial charge >= 0.3 is 5.97 Å². The predicted octanol–water partition coefficient (Wildman–Crippen LogP) is 2.96. The maximum Gasteiger partial charge on any atom is 0.306 e. The highest BCUT2D eigenvalue weighted by Gasteiger charge is 2.16. The van der Waals surface area contributed by atoms with Crippen molar-refractivity contribution in [3.8, 4) is 11.3 Å². The molecule has 2 aromatic rings. The lowest BCUT2D eigenvalue weighted by Gasteiger charge is -2.03. The zero-order valence-corrected chi connectivity index (χ0v) is 11.4. The maximum absolute atomic E-state index is 10.9. The maximum atomic E-state index is 10.9. The Labute approximate surface area is 112 Å². The van der Waals surface area contributed by atoms with E-state index in [9.17, 15) is 4.79 Å². The number of carbonyl (C=O) groups is 1. The van der Waals surface area contributed by atoms with Crippen molar-refractivity contribution in [2.75, 3.05) is 0 Å². The minimum atomic E-state index is -0.800. The van der Waals surface area contributed by atoms with Gasteiger partial charge in [-0.2, -0.15) is 0 Å². The summed E-state index contributed by atoms with van der Waals surface area (Å²) >= 11 is 0. The molecule has 0 bridgehead atoms. The summed E-state index contributed by atoms with van der Waals surface area (Å²) < 4.78 is 0. The Morgan fingerprint density at radius 3 is 2.68 bits per heavy atom. The van der Waals surface area contributed by atoms with E-state index in [4.69, 9.17) is 5.11 Å². The van der Waals surface area contributed by atoms with Crippen LogP contribution in [0.25, 0.3) is 11.3 Å². The molecule has 0 saturated carbocycles. The molecule has 19 heavy (non-hydrogen) atoms. The summed E-state index contributed by atoms with van der Waals surface area (Å²) in [4.78, 5) is 18.6. The molecule has 1 aromatic heterocycles. The van der Waals surface area contributed by atoms with E-state index in [1.54, 1.807) is 6.92 Å². The smallest absolute Gasteiger partial charge is 0.306 e. The Bertz CT molecular complexity index is 602. The van der Waals surface area contributed by atoms with Crippen molar-refractivity contribution in [3.63, 3.8) is 0 Å². The van der Waals surface area contributed by atoms with E-state index in [1.165, 1.54) is 0 Å². The van der Waals surface area contributed by atoms with E-state index in [-0.39, 0.29) is 0 Å². The topological polar surface area (TPSA) is 66.0 Å². The van der Waals surface area contributed by atoms with E-state index < -0.39 is 11.9 Å². The lowest BCUT2D eigenvalue weighted by Crippen LogP contribution is -2.13. The molecule has 0 saturated heterocycles. The number of aromatic amines is 1. The fourth-order valence-electron chi connectivity index (χ4n) is 2.10. The van der Waals surface area contributed by atoms with Crippen LogP contribution in [0.15, 0.2) is 24.3 Å². The van der Waals surface area contributed by atoms with Gasteiger partial charge in [0.05, 0.1) is 11.6 Å². The van der Waals surface area contributed by atoms with Crippen LogP contribution >= 0.6 is 0 Å². The van der Waals surface area contributed by atoms with Gasteiger partial charge in [-0.25, -0.2) is 4.98 Å². The van der Waals surface area contributed by atoms with Crippen LogP contribution in [0.5, 0.6) is 0 Å². The van der Waals surface area contributed by atoms with E-state index in [2.05, 4.69) is 9.97 Å². The quantitative estimate of drug-likeness (QED) is 0.886. The van der Waals surface area contributed by atoms with Gasteiger partial charge in [0.25, 0.3) is 0 Å². The molecule has 2 rings (SSSR count). The summed E-state index contributed by atoms with van der Waals surface area (Å²) in [7, 11) is 0. The van der Waals surface area contributed by atoms with Gasteiger partial charge in [0.2, 0.25) is 0 Å². The van der Waals surface area contributed by atoms with Gasteiger partial charge in [-0.05, 0) is 19.4 Å². The van der Waals surface area contributed by atoms with Crippen molar-refractivity contribution < 1.29 is 9.90 Å². The number of nitrogens with one attached hydrogen (secondary N) is 1. The molecule has 1 atom stereocenters. The SMILES string of the molecule is Cc1ccccc1-c1nc(CC(C)C(=O)O)[nH]c1C. The number of carboxylic acids is 1. The standard InChI is InChI=1S/C15H18N2O2/c1-9-6-4-5-7-12(9)14-11(3)16-13(17-14)8-10(2)15(18)19/h4-7,10H,8H2,1-3H3,(H,16,17)(H,18,19). The Morgan fingerprint density at radius 1 is 1.37 bits per heavy atom. The Balaban J connectivity index is 2.32. The van der Waals surface area contributed by atoms with Crippen LogP contribution < -0.4 is 0 Å². The predicted molar refractivity (Wildman–Crippen MR) is 74.0 cm³/mol. The number of imidazole rings is 1. The normalized spacial score (nSPS) is 12.4. The minimum Gasteiger partial charge on any atom is -0.481 e. The number of aromatic nitrogens is 2. The van der Waals surface area contributed by atoms with Gasteiger partial charge in [-0.15, -0.1) is 0 Å². The number of carboxylic acid groups (broad SMARTS) is 1. The van der Waals surface area contributed by atoms with Crippen LogP contribution in [-0.2, 0) is 11.2 Å². The molecule has 100 valence electrons. The number of rotatable bonds is 4. The minimum absolute atomic E-state index is 0.419. The number of hydrogen-bond donors (Lipinski definition) is 2. The third-order valence-corrected chi connectivity index (χ3v) is 3.26. The van der Waals surface area contributed by atoms with Crippen molar-refractivity contribution in [2.24, 2.45) is 5.92 Å². The molecule has 1 unspecified atom stereocenters. The molecule has 1 heterocycles. The van der Waals surface area contributed by atoms with Crippen molar-refractivity contribution >= 4 is 5.97 Å². The first kappa shape index (κ1) is 13.3. The zero-order valence-electron chi connectivity index (χ0n) is 11.4. The Hall–Kier alpha value is -2.10. The van der Waals surface area contributed by atoms with Gasteiger partial charge < -0.3 is 10.1 Å². The average molecular weight is 258 g/mol. The number of benzene rings is 1. The second kappa shape index (κ2) is 5.26. The molecule has 1 aromatic carbocycles. The second-order valence-corrected chi connectivity index (χ2v) is 4.92. The number of aryl methyl sites for hydroxylation is 2. The molecule has 4 nitrogen and oxygen atoms in total. The molecule has 0 radical (unpaired) electrons. The van der Waals surface area contributed by atoms with Gasteiger partial charge in [-0.1, -0.05) is 31.2 Å². The fourth-order valence-corrected chi connectivity index (χ4v) is 2.10. The summed E-state index contributed by atoms with van der Waals surface area (Å²) in [6.07, 6.45) is 0.419. The fraction of sp³-hybridized carbons (Fsp3) is 0.333. The van der Waals surface area contributed by atoms with Crippen LogP contribution in [0, 0.1) is 19.8 Å². The highest BCUT2D eigenvalue weighted by atomic mass is 16.4. The number of H-pyrrole nitrogens is 1. The third kappa shape index (κ3) is 2.84. The number of nitrogens with zero attached hydrogens (tertiary/aromatic N) is 1. The first-order valence-electron chi connectivity index (χ1n) is 6.33. The van der Waals surface area contributed by atoms with E-state index in [0.29, 0.717) is 6.42 Å². The Kier molecular flexibility index (Phi) is 3.69. The van der Waals surface area contributed by atoms with Crippen LogP contribution in [0.1, 0.15) is 24.0 Å². The summed E-state index contributed by atoms with van der Waals surface area (Å²) in [6, 6.07) is 8.05. The zero-order chi connectivity index (χ0) is 14.0. The summed E-state index contributed by atoms with van der Waals surface area (Å²) in [5, 5.41) is 8.94. The monoisotopic (exact) mass is 258 g/mol. The van der Waals surface area contributed by atoms with Crippen molar-refractivity contribution in [1.29, 1.82) is 0 Å². The van der Waals surface area contributed by atoms with Crippen LogP contribution in [0.4, 0.5) is 0 Å². The van der Waals surface area contributed by atoms with Gasteiger partial charge in [-0.3, -0.25) is 4.79 Å².